The van der Waals surface area contributed by atoms with Gasteiger partial charge in [-0.2, -0.15) is 0 Å². The molecule has 1 aliphatic heterocycles. The lowest BCUT2D eigenvalue weighted by atomic mass is 9.83. The molecule has 1 N–H and O–H groups in total. The number of imide groups is 2. The van der Waals surface area contributed by atoms with E-state index in [1.54, 1.807) is 6.92 Å². The summed E-state index contributed by atoms with van der Waals surface area (Å²) in [4.78, 5) is 49.8. The Morgan fingerprint density at radius 1 is 1.00 bits per heavy atom. The van der Waals surface area contributed by atoms with E-state index in [-0.39, 0.29) is 12.0 Å². The van der Waals surface area contributed by atoms with Crippen LogP contribution in [0, 0.1) is 13.8 Å². The van der Waals surface area contributed by atoms with Crippen molar-refractivity contribution in [1.82, 2.24) is 15.1 Å². The summed E-state index contributed by atoms with van der Waals surface area (Å²) in [5.74, 6) is -2.27. The van der Waals surface area contributed by atoms with Gasteiger partial charge in [0.05, 0.1) is 0 Å². The van der Waals surface area contributed by atoms with Crippen molar-refractivity contribution in [1.29, 1.82) is 0 Å². The Morgan fingerprint density at radius 3 is 2.07 bits per heavy atom. The van der Waals surface area contributed by atoms with Crippen LogP contribution < -0.4 is 5.32 Å². The maximum atomic E-state index is 12.2. The minimum absolute atomic E-state index is 0.0696. The third-order valence-electron chi connectivity index (χ3n) is 5.14. The zero-order valence-electron chi connectivity index (χ0n) is 18.2. The number of hydrogen-bond acceptors (Lipinski definition) is 4. The third-order valence-corrected chi connectivity index (χ3v) is 5.14. The van der Waals surface area contributed by atoms with Gasteiger partial charge in [0.25, 0.3) is 0 Å². The summed E-state index contributed by atoms with van der Waals surface area (Å²) in [6, 6.07) is 3.64. The van der Waals surface area contributed by atoms with Crippen LogP contribution in [0.15, 0.2) is 12.1 Å². The Kier molecular flexibility index (Phi) is 6.82. The van der Waals surface area contributed by atoms with Gasteiger partial charge >= 0.3 is 17.8 Å². The summed E-state index contributed by atoms with van der Waals surface area (Å²) in [6.07, 6.45) is 1.20. The van der Waals surface area contributed by atoms with Crippen molar-refractivity contribution in [3.8, 4) is 0 Å². The molecule has 1 aromatic carbocycles. The molecule has 0 atom stereocenters. The van der Waals surface area contributed by atoms with E-state index < -0.39 is 30.3 Å². The molecule has 1 aliphatic rings. The molecular formula is C22H31N3O4. The maximum absolute atomic E-state index is 12.2. The fourth-order valence-electron chi connectivity index (χ4n) is 3.46. The highest BCUT2D eigenvalue weighted by molar-refractivity contribution is 6.45. The summed E-state index contributed by atoms with van der Waals surface area (Å²) < 4.78 is 0. The van der Waals surface area contributed by atoms with E-state index >= 15 is 0 Å². The summed E-state index contributed by atoms with van der Waals surface area (Å²) >= 11 is 0. The van der Waals surface area contributed by atoms with Gasteiger partial charge in [0.1, 0.15) is 6.54 Å². The van der Waals surface area contributed by atoms with Crippen LogP contribution in [-0.4, -0.2) is 53.2 Å². The van der Waals surface area contributed by atoms with Crippen molar-refractivity contribution in [2.24, 2.45) is 0 Å². The van der Waals surface area contributed by atoms with E-state index in [2.05, 4.69) is 52.1 Å². The van der Waals surface area contributed by atoms with Crippen molar-refractivity contribution in [3.05, 3.63) is 34.4 Å². The number of carbonyl (C=O) groups is 4. The maximum Gasteiger partial charge on any atom is 0.334 e. The lowest BCUT2D eigenvalue weighted by Crippen LogP contribution is -2.42. The molecule has 1 aromatic rings. The molecule has 2 rings (SSSR count). The minimum Gasteiger partial charge on any atom is -0.354 e. The Bertz CT molecular complexity index is 816. The lowest BCUT2D eigenvalue weighted by molar-refractivity contribution is -0.144. The summed E-state index contributed by atoms with van der Waals surface area (Å²) in [5, 5.41) is 2.75. The van der Waals surface area contributed by atoms with Gasteiger partial charge in [0.15, 0.2) is 0 Å². The van der Waals surface area contributed by atoms with Crippen molar-refractivity contribution < 1.29 is 19.2 Å². The zero-order chi connectivity index (χ0) is 21.9. The Morgan fingerprint density at radius 2 is 1.55 bits per heavy atom. The number of benzene rings is 1. The van der Waals surface area contributed by atoms with Gasteiger partial charge in [-0.05, 0) is 54.4 Å². The van der Waals surface area contributed by atoms with Gasteiger partial charge in [0.2, 0.25) is 5.91 Å². The molecular weight excluding hydrogens is 370 g/mol. The monoisotopic (exact) mass is 401 g/mol. The van der Waals surface area contributed by atoms with Crippen molar-refractivity contribution in [2.45, 2.75) is 59.8 Å². The quantitative estimate of drug-likeness (QED) is 0.562. The molecule has 0 spiro atoms. The summed E-state index contributed by atoms with van der Waals surface area (Å²) in [7, 11) is 0. The minimum atomic E-state index is -0.942. The van der Waals surface area contributed by atoms with E-state index in [9.17, 15) is 19.2 Å². The average Bonchev–Trinajstić information content (AvgIpc) is 2.81. The fourth-order valence-corrected chi connectivity index (χ4v) is 3.46. The standard InChI is InChI=1S/C22H31N3O4/c1-7-10-24-19(27)20(28)25(21(24)29)13-18(26)23-9-8-17-14(2)11-16(12-15(17)3)22(4,5)6/h11-12H,7-10,13H2,1-6H3,(H,23,26). The molecule has 1 fully saturated rings. The van der Waals surface area contributed by atoms with Crippen LogP contribution in [-0.2, 0) is 26.2 Å². The SMILES string of the molecule is CCCN1C(=O)C(=O)N(CC(=O)NCCc2c(C)cc(C(C)(C)C)cc2C)C1=O. The first-order valence-corrected chi connectivity index (χ1v) is 10.0. The van der Waals surface area contributed by atoms with Crippen LogP contribution >= 0.6 is 0 Å². The highest BCUT2D eigenvalue weighted by Gasteiger charge is 2.44. The van der Waals surface area contributed by atoms with Gasteiger partial charge < -0.3 is 5.32 Å². The van der Waals surface area contributed by atoms with Gasteiger partial charge in [-0.15, -0.1) is 0 Å². The molecule has 158 valence electrons. The third kappa shape index (κ3) is 5.02. The van der Waals surface area contributed by atoms with Gasteiger partial charge in [-0.1, -0.05) is 39.8 Å². The van der Waals surface area contributed by atoms with Crippen molar-refractivity contribution in [3.63, 3.8) is 0 Å². The molecule has 0 aromatic heterocycles. The number of nitrogens with zero attached hydrogens (tertiary/aromatic N) is 2. The highest BCUT2D eigenvalue weighted by Crippen LogP contribution is 2.27. The molecule has 5 amide bonds. The fraction of sp³-hybridized carbons (Fsp3) is 0.545. The second-order valence-corrected chi connectivity index (χ2v) is 8.57. The molecule has 7 heteroatoms. The molecule has 0 unspecified atom stereocenters. The van der Waals surface area contributed by atoms with E-state index in [0.29, 0.717) is 24.3 Å². The lowest BCUT2D eigenvalue weighted by Gasteiger charge is -2.22. The predicted octanol–water partition coefficient (Wildman–Crippen LogP) is 2.46. The number of rotatable bonds is 7. The first-order chi connectivity index (χ1) is 13.5. The van der Waals surface area contributed by atoms with Crippen LogP contribution in [0.1, 0.15) is 56.4 Å². The predicted molar refractivity (Wildman–Crippen MR) is 110 cm³/mol. The Balaban J connectivity index is 1.95. The van der Waals surface area contributed by atoms with E-state index in [1.807, 2.05) is 0 Å². The highest BCUT2D eigenvalue weighted by atomic mass is 16.2. The first kappa shape index (κ1) is 22.6. The number of aryl methyl sites for hydroxylation is 2. The number of carbonyl (C=O) groups excluding carboxylic acids is 4. The number of urea groups is 1. The van der Waals surface area contributed by atoms with E-state index in [0.717, 1.165) is 4.90 Å². The normalized spacial score (nSPS) is 14.8. The van der Waals surface area contributed by atoms with Crippen LogP contribution in [0.3, 0.4) is 0 Å². The van der Waals surface area contributed by atoms with Crippen molar-refractivity contribution in [2.75, 3.05) is 19.6 Å². The molecule has 0 radical (unpaired) electrons. The second kappa shape index (κ2) is 8.76. The van der Waals surface area contributed by atoms with E-state index in [1.165, 1.54) is 22.3 Å². The number of amides is 5. The van der Waals surface area contributed by atoms with Crippen molar-refractivity contribution >= 4 is 23.8 Å². The molecule has 29 heavy (non-hydrogen) atoms. The largest absolute Gasteiger partial charge is 0.354 e. The second-order valence-electron chi connectivity index (χ2n) is 8.57. The Hall–Kier alpha value is -2.70. The zero-order valence-corrected chi connectivity index (χ0v) is 18.2. The average molecular weight is 402 g/mol. The molecule has 7 nitrogen and oxygen atoms in total. The smallest absolute Gasteiger partial charge is 0.334 e. The molecule has 0 saturated carbocycles. The van der Waals surface area contributed by atoms with Gasteiger partial charge in [-0.3, -0.25) is 19.3 Å². The van der Waals surface area contributed by atoms with Crippen LogP contribution in [0.4, 0.5) is 4.79 Å². The van der Waals surface area contributed by atoms with Crippen LogP contribution in [0.2, 0.25) is 0 Å². The number of nitrogens with one attached hydrogen (secondary N) is 1. The number of hydrogen-bond donors (Lipinski definition) is 1. The van der Waals surface area contributed by atoms with Gasteiger partial charge in [-0.25, -0.2) is 9.69 Å². The molecule has 0 bridgehead atoms. The Labute approximate surface area is 172 Å². The van der Waals surface area contributed by atoms with Crippen LogP contribution in [0.25, 0.3) is 0 Å². The molecule has 0 aliphatic carbocycles. The molecule has 1 heterocycles. The van der Waals surface area contributed by atoms with Gasteiger partial charge in [0, 0.05) is 13.1 Å². The summed E-state index contributed by atoms with van der Waals surface area (Å²) in [6.45, 7) is 12.6. The topological polar surface area (TPSA) is 86.8 Å². The van der Waals surface area contributed by atoms with E-state index in [4.69, 9.17) is 0 Å². The van der Waals surface area contributed by atoms with Crippen LogP contribution in [0.5, 0.6) is 0 Å². The summed E-state index contributed by atoms with van der Waals surface area (Å²) in [5.41, 5.74) is 4.87. The molecule has 1 saturated heterocycles. The first-order valence-electron chi connectivity index (χ1n) is 10.0.